The largest absolute Gasteiger partial charge is 0.385 e. The lowest BCUT2D eigenvalue weighted by Gasteiger charge is -2.33. The minimum atomic E-state index is -0.749. The predicted molar refractivity (Wildman–Crippen MR) is 68.5 cm³/mol. The van der Waals surface area contributed by atoms with Gasteiger partial charge in [-0.15, -0.1) is 0 Å². The minimum absolute atomic E-state index is 0.643. The monoisotopic (exact) mass is 244 g/mol. The van der Waals surface area contributed by atoms with Crippen LogP contribution in [-0.2, 0) is 10.4 Å². The van der Waals surface area contributed by atoms with Gasteiger partial charge in [-0.3, -0.25) is 4.79 Å². The number of amides is 1. The molecule has 0 unspecified atom stereocenters. The maximum absolute atomic E-state index is 10.5. The van der Waals surface area contributed by atoms with Crippen molar-refractivity contribution in [2.45, 2.75) is 18.4 Å². The van der Waals surface area contributed by atoms with E-state index in [4.69, 9.17) is 5.73 Å². The highest BCUT2D eigenvalue weighted by Gasteiger charge is 2.30. The average molecular weight is 244 g/mol. The molecule has 4 nitrogen and oxygen atoms in total. The molecule has 1 fully saturated rings. The molecular weight excluding hydrogens is 228 g/mol. The number of nitrogens with two attached hydrogens (primary N) is 1. The summed E-state index contributed by atoms with van der Waals surface area (Å²) in [5, 5.41) is 13.7. The van der Waals surface area contributed by atoms with Crippen LogP contribution in [0.2, 0.25) is 0 Å². The summed E-state index contributed by atoms with van der Waals surface area (Å²) in [6.07, 6.45) is 1.42. The standard InChI is InChI=1S/C14H16N2O2/c15-13(17)6-3-11-1-4-12(5-2-11)14(18)7-9-16-10-8-14/h1-2,4-5,16,18H,7-10H2,(H2,15,17). The van der Waals surface area contributed by atoms with Gasteiger partial charge in [0.15, 0.2) is 0 Å². The lowest BCUT2D eigenvalue weighted by atomic mass is 9.85. The number of aliphatic hydroxyl groups is 1. The number of primary amides is 1. The Kier molecular flexibility index (Phi) is 3.66. The molecule has 4 N–H and O–H groups in total. The molecule has 0 saturated carbocycles. The van der Waals surface area contributed by atoms with E-state index in [1.54, 1.807) is 12.1 Å². The Hall–Kier alpha value is -1.83. The lowest BCUT2D eigenvalue weighted by Crippen LogP contribution is -2.39. The van der Waals surface area contributed by atoms with Crippen LogP contribution in [0.15, 0.2) is 24.3 Å². The van der Waals surface area contributed by atoms with E-state index in [-0.39, 0.29) is 0 Å². The summed E-state index contributed by atoms with van der Waals surface area (Å²) in [4.78, 5) is 10.5. The number of benzene rings is 1. The zero-order valence-corrected chi connectivity index (χ0v) is 10.1. The zero-order valence-electron chi connectivity index (χ0n) is 10.1. The fourth-order valence-electron chi connectivity index (χ4n) is 2.13. The highest BCUT2D eigenvalue weighted by Crippen LogP contribution is 2.30. The Balaban J connectivity index is 2.17. The number of piperidine rings is 1. The summed E-state index contributed by atoms with van der Waals surface area (Å²) < 4.78 is 0. The quantitative estimate of drug-likeness (QED) is 0.613. The lowest BCUT2D eigenvalue weighted by molar-refractivity contribution is -0.112. The van der Waals surface area contributed by atoms with Crippen LogP contribution in [0.4, 0.5) is 0 Å². The summed E-state index contributed by atoms with van der Waals surface area (Å²) in [5.74, 6) is 4.31. The van der Waals surface area contributed by atoms with Gasteiger partial charge in [0.05, 0.1) is 5.60 Å². The Bertz CT molecular complexity index is 491. The highest BCUT2D eigenvalue weighted by atomic mass is 16.3. The second-order valence-corrected chi connectivity index (χ2v) is 4.47. The third kappa shape index (κ3) is 2.89. The van der Waals surface area contributed by atoms with Crippen molar-refractivity contribution in [2.24, 2.45) is 5.73 Å². The van der Waals surface area contributed by atoms with Crippen molar-refractivity contribution in [1.29, 1.82) is 0 Å². The molecule has 1 aromatic carbocycles. The normalized spacial score (nSPS) is 17.6. The van der Waals surface area contributed by atoms with E-state index in [1.807, 2.05) is 12.1 Å². The molecule has 1 amide bonds. The van der Waals surface area contributed by atoms with Crippen LogP contribution < -0.4 is 11.1 Å². The molecular formula is C14H16N2O2. The van der Waals surface area contributed by atoms with Crippen LogP contribution >= 0.6 is 0 Å². The van der Waals surface area contributed by atoms with Crippen molar-refractivity contribution in [3.8, 4) is 11.8 Å². The van der Waals surface area contributed by atoms with Crippen LogP contribution in [0.5, 0.6) is 0 Å². The summed E-state index contributed by atoms with van der Waals surface area (Å²) in [6, 6.07) is 7.31. The molecule has 18 heavy (non-hydrogen) atoms. The van der Waals surface area contributed by atoms with E-state index in [2.05, 4.69) is 17.2 Å². The third-order valence-electron chi connectivity index (χ3n) is 3.18. The van der Waals surface area contributed by atoms with Crippen molar-refractivity contribution >= 4 is 5.91 Å². The second-order valence-electron chi connectivity index (χ2n) is 4.47. The van der Waals surface area contributed by atoms with Gasteiger partial charge in [0, 0.05) is 5.56 Å². The number of carbonyl (C=O) groups excluding carboxylic acids is 1. The van der Waals surface area contributed by atoms with Gasteiger partial charge >= 0.3 is 0 Å². The van der Waals surface area contributed by atoms with Gasteiger partial charge < -0.3 is 16.2 Å². The summed E-state index contributed by atoms with van der Waals surface area (Å²) >= 11 is 0. The first kappa shape index (κ1) is 12.6. The number of carbonyl (C=O) groups is 1. The third-order valence-corrected chi connectivity index (χ3v) is 3.18. The van der Waals surface area contributed by atoms with E-state index >= 15 is 0 Å². The first-order valence-corrected chi connectivity index (χ1v) is 5.95. The zero-order chi connectivity index (χ0) is 13.0. The molecule has 0 aliphatic carbocycles. The summed E-state index contributed by atoms with van der Waals surface area (Å²) in [7, 11) is 0. The summed E-state index contributed by atoms with van der Waals surface area (Å²) in [6.45, 7) is 1.64. The molecule has 0 bridgehead atoms. The Labute approximate surface area is 106 Å². The Morgan fingerprint density at radius 1 is 1.28 bits per heavy atom. The van der Waals surface area contributed by atoms with E-state index in [9.17, 15) is 9.90 Å². The van der Waals surface area contributed by atoms with Gasteiger partial charge in [-0.1, -0.05) is 18.1 Å². The van der Waals surface area contributed by atoms with Crippen LogP contribution in [-0.4, -0.2) is 24.1 Å². The molecule has 4 heteroatoms. The van der Waals surface area contributed by atoms with Crippen LogP contribution in [0.25, 0.3) is 0 Å². The van der Waals surface area contributed by atoms with Crippen molar-refractivity contribution < 1.29 is 9.90 Å². The first-order chi connectivity index (χ1) is 8.60. The molecule has 0 aromatic heterocycles. The average Bonchev–Trinajstić information content (AvgIpc) is 2.38. The number of rotatable bonds is 1. The molecule has 0 spiro atoms. The highest BCUT2D eigenvalue weighted by molar-refractivity contribution is 5.92. The maximum Gasteiger partial charge on any atom is 0.293 e. The molecule has 0 atom stereocenters. The van der Waals surface area contributed by atoms with Crippen molar-refractivity contribution in [1.82, 2.24) is 5.32 Å². The molecule has 1 saturated heterocycles. The van der Waals surface area contributed by atoms with Crippen molar-refractivity contribution in [3.05, 3.63) is 35.4 Å². The van der Waals surface area contributed by atoms with Crippen LogP contribution in [0.1, 0.15) is 24.0 Å². The number of hydrogen-bond acceptors (Lipinski definition) is 3. The minimum Gasteiger partial charge on any atom is -0.385 e. The fourth-order valence-corrected chi connectivity index (χ4v) is 2.13. The smallest absolute Gasteiger partial charge is 0.293 e. The Morgan fingerprint density at radius 3 is 2.44 bits per heavy atom. The first-order valence-electron chi connectivity index (χ1n) is 5.95. The van der Waals surface area contributed by atoms with Crippen LogP contribution in [0.3, 0.4) is 0 Å². The second kappa shape index (κ2) is 5.21. The van der Waals surface area contributed by atoms with Crippen molar-refractivity contribution in [3.63, 3.8) is 0 Å². The van der Waals surface area contributed by atoms with Gasteiger partial charge in [0.2, 0.25) is 0 Å². The molecule has 1 aromatic rings. The molecule has 2 rings (SSSR count). The van der Waals surface area contributed by atoms with Gasteiger partial charge in [-0.05, 0) is 49.5 Å². The maximum atomic E-state index is 10.5. The molecule has 1 aliphatic heterocycles. The predicted octanol–water partition coefficient (Wildman–Crippen LogP) is 0.0944. The van der Waals surface area contributed by atoms with Crippen LogP contribution in [0, 0.1) is 11.8 Å². The topological polar surface area (TPSA) is 75.4 Å². The summed E-state index contributed by atoms with van der Waals surface area (Å²) in [5.41, 5.74) is 5.81. The fraction of sp³-hybridized carbons (Fsp3) is 0.357. The molecule has 0 radical (unpaired) electrons. The molecule has 1 heterocycles. The SMILES string of the molecule is NC(=O)C#Cc1ccc(C2(O)CCNCC2)cc1. The van der Waals surface area contributed by atoms with E-state index < -0.39 is 11.5 Å². The van der Waals surface area contributed by atoms with E-state index in [0.29, 0.717) is 12.8 Å². The molecule has 94 valence electrons. The van der Waals surface area contributed by atoms with E-state index in [0.717, 1.165) is 24.2 Å². The molecule has 1 aliphatic rings. The van der Waals surface area contributed by atoms with Crippen molar-refractivity contribution in [2.75, 3.05) is 13.1 Å². The van der Waals surface area contributed by atoms with Gasteiger partial charge in [0.25, 0.3) is 5.91 Å². The van der Waals surface area contributed by atoms with E-state index in [1.165, 1.54) is 0 Å². The number of nitrogens with one attached hydrogen (secondary N) is 1. The Morgan fingerprint density at radius 2 is 1.89 bits per heavy atom. The van der Waals surface area contributed by atoms with Gasteiger partial charge in [0.1, 0.15) is 0 Å². The number of hydrogen-bond donors (Lipinski definition) is 3. The van der Waals surface area contributed by atoms with Gasteiger partial charge in [-0.25, -0.2) is 0 Å². The van der Waals surface area contributed by atoms with Gasteiger partial charge in [-0.2, -0.15) is 0 Å².